The van der Waals surface area contributed by atoms with Crippen molar-refractivity contribution in [1.29, 1.82) is 0 Å². The van der Waals surface area contributed by atoms with Gasteiger partial charge in [0.05, 0.1) is 0 Å². The van der Waals surface area contributed by atoms with Crippen LogP contribution in [0.25, 0.3) is 0 Å². The Labute approximate surface area is 76.0 Å². The van der Waals surface area contributed by atoms with Crippen molar-refractivity contribution in [1.82, 2.24) is 0 Å². The first-order chi connectivity index (χ1) is 4.68. The van der Waals surface area contributed by atoms with Gasteiger partial charge in [-0.3, -0.25) is 0 Å². The predicted molar refractivity (Wildman–Crippen MR) is 44.0 cm³/mol. The van der Waals surface area contributed by atoms with E-state index in [9.17, 15) is 4.79 Å². The minimum atomic E-state index is 0.256. The SMILES string of the molecule is C=[C]([Sn])C(=O)CCCCC. The first kappa shape index (κ1) is 10.2. The summed E-state index contributed by atoms with van der Waals surface area (Å²) in [6, 6.07) is 0. The van der Waals surface area contributed by atoms with Gasteiger partial charge in [-0.15, -0.1) is 0 Å². The average Bonchev–Trinajstić information content (AvgIpc) is 1.88. The van der Waals surface area contributed by atoms with Gasteiger partial charge in [0.2, 0.25) is 0 Å². The van der Waals surface area contributed by atoms with Crippen molar-refractivity contribution in [3.05, 3.63) is 10.2 Å². The van der Waals surface area contributed by atoms with Crippen LogP contribution in [0.1, 0.15) is 32.6 Å². The number of ketones is 1. The van der Waals surface area contributed by atoms with Crippen LogP contribution in [0.4, 0.5) is 0 Å². The molecule has 1 nitrogen and oxygen atoms in total. The number of allylic oxidation sites excluding steroid dienone is 1. The molecule has 55 valence electrons. The molecule has 0 aromatic heterocycles. The van der Waals surface area contributed by atoms with Gasteiger partial charge in [-0.05, 0) is 0 Å². The zero-order valence-corrected chi connectivity index (χ0v) is 9.30. The molecule has 10 heavy (non-hydrogen) atoms. The van der Waals surface area contributed by atoms with E-state index >= 15 is 0 Å². The van der Waals surface area contributed by atoms with Gasteiger partial charge >= 0.3 is 75.9 Å². The fraction of sp³-hybridized carbons (Fsp3) is 0.625. The Morgan fingerprint density at radius 3 is 2.50 bits per heavy atom. The molecule has 0 bridgehead atoms. The number of rotatable bonds is 5. The van der Waals surface area contributed by atoms with E-state index in [1.54, 1.807) is 0 Å². The van der Waals surface area contributed by atoms with Crippen LogP contribution in [0.5, 0.6) is 0 Å². The Morgan fingerprint density at radius 2 is 2.10 bits per heavy atom. The van der Waals surface area contributed by atoms with Gasteiger partial charge in [0.15, 0.2) is 0 Å². The number of unbranched alkanes of at least 4 members (excludes halogenated alkanes) is 2. The summed E-state index contributed by atoms with van der Waals surface area (Å²) in [6.07, 6.45) is 4.08. The fourth-order valence-corrected chi connectivity index (χ4v) is 1.04. The van der Waals surface area contributed by atoms with Gasteiger partial charge in [0.1, 0.15) is 0 Å². The van der Waals surface area contributed by atoms with Gasteiger partial charge in [0, 0.05) is 0 Å². The third-order valence-electron chi connectivity index (χ3n) is 1.34. The molecular formula is C8H13OSn. The molecule has 2 heteroatoms. The Bertz CT molecular complexity index is 129. The molecule has 0 atom stereocenters. The third-order valence-corrected chi connectivity index (χ3v) is 2.14. The third kappa shape index (κ3) is 5.03. The summed E-state index contributed by atoms with van der Waals surface area (Å²) in [5.74, 6) is 0.256. The van der Waals surface area contributed by atoms with E-state index in [1.165, 1.54) is 6.42 Å². The van der Waals surface area contributed by atoms with Gasteiger partial charge in [-0.25, -0.2) is 0 Å². The van der Waals surface area contributed by atoms with Crippen molar-refractivity contribution in [3.63, 3.8) is 0 Å². The predicted octanol–water partition coefficient (Wildman–Crippen LogP) is 1.82. The van der Waals surface area contributed by atoms with E-state index in [0.717, 1.165) is 39.0 Å². The van der Waals surface area contributed by atoms with E-state index < -0.39 is 0 Å². The number of Topliss-reactive ketones (excluding diaryl/α,β-unsaturated/α-hetero) is 1. The van der Waals surface area contributed by atoms with E-state index in [2.05, 4.69) is 13.5 Å². The van der Waals surface area contributed by atoms with E-state index in [1.807, 2.05) is 0 Å². The monoisotopic (exact) mass is 245 g/mol. The second-order valence-corrected chi connectivity index (χ2v) is 4.08. The van der Waals surface area contributed by atoms with Gasteiger partial charge in [-0.1, -0.05) is 0 Å². The van der Waals surface area contributed by atoms with Crippen molar-refractivity contribution in [2.75, 3.05) is 0 Å². The molecule has 0 saturated carbocycles. The summed E-state index contributed by atoms with van der Waals surface area (Å²) in [5, 5.41) is 0. The molecule has 0 spiro atoms. The molecule has 0 N–H and O–H groups in total. The molecule has 0 heterocycles. The minimum absolute atomic E-state index is 0.256. The quantitative estimate of drug-likeness (QED) is 0.409. The Balaban J connectivity index is 3.31. The normalized spacial score (nSPS) is 9.40. The molecule has 0 aliphatic carbocycles. The molecule has 0 saturated heterocycles. The molecule has 0 amide bonds. The standard InChI is InChI=1S/C8H13O.Sn/c1-3-5-6-7-8(9)4-2;/h2-3,5-7H2,1H3;. The van der Waals surface area contributed by atoms with Crippen molar-refractivity contribution in [2.24, 2.45) is 0 Å². The molecular weight excluding hydrogens is 231 g/mol. The van der Waals surface area contributed by atoms with E-state index in [0.29, 0.717) is 6.42 Å². The Morgan fingerprint density at radius 1 is 1.50 bits per heavy atom. The molecule has 3 radical (unpaired) electrons. The molecule has 0 unspecified atom stereocenters. The number of carbonyl (C=O) groups excluding carboxylic acids is 1. The summed E-state index contributed by atoms with van der Waals surface area (Å²) in [7, 11) is 0. The Hall–Kier alpha value is 0.209. The topological polar surface area (TPSA) is 17.1 Å². The van der Waals surface area contributed by atoms with Crippen LogP contribution >= 0.6 is 0 Å². The second kappa shape index (κ2) is 5.95. The zero-order valence-electron chi connectivity index (χ0n) is 6.44. The van der Waals surface area contributed by atoms with Crippen molar-refractivity contribution in [2.45, 2.75) is 32.6 Å². The maximum absolute atomic E-state index is 10.9. The summed E-state index contributed by atoms with van der Waals surface area (Å²) >= 11 is 1.16. The summed E-state index contributed by atoms with van der Waals surface area (Å²) in [4.78, 5) is 10.9. The zero-order chi connectivity index (χ0) is 7.98. The van der Waals surface area contributed by atoms with Crippen LogP contribution in [0.2, 0.25) is 0 Å². The summed E-state index contributed by atoms with van der Waals surface area (Å²) < 4.78 is 0.781. The van der Waals surface area contributed by atoms with Crippen LogP contribution in [0.15, 0.2) is 10.2 Å². The number of hydrogen-bond donors (Lipinski definition) is 0. The van der Waals surface area contributed by atoms with Crippen molar-refractivity contribution in [3.8, 4) is 0 Å². The first-order valence-corrected chi connectivity index (χ1v) is 5.05. The Kier molecular flexibility index (Phi) is 6.08. The average molecular weight is 244 g/mol. The fourth-order valence-electron chi connectivity index (χ4n) is 0.686. The van der Waals surface area contributed by atoms with Crippen molar-refractivity contribution >= 4 is 28.3 Å². The van der Waals surface area contributed by atoms with Gasteiger partial charge in [-0.2, -0.15) is 0 Å². The van der Waals surface area contributed by atoms with Crippen LogP contribution in [0.3, 0.4) is 0 Å². The molecule has 0 aliphatic rings. The molecule has 0 aromatic carbocycles. The number of carbonyl (C=O) groups is 1. The summed E-state index contributed by atoms with van der Waals surface area (Å²) in [5.41, 5.74) is 0. The molecule has 0 aromatic rings. The molecule has 0 rings (SSSR count). The first-order valence-electron chi connectivity index (χ1n) is 3.62. The van der Waals surface area contributed by atoms with Crippen LogP contribution in [0, 0.1) is 0 Å². The maximum atomic E-state index is 10.9. The van der Waals surface area contributed by atoms with E-state index in [4.69, 9.17) is 0 Å². The summed E-state index contributed by atoms with van der Waals surface area (Å²) in [6.45, 7) is 5.76. The van der Waals surface area contributed by atoms with Crippen LogP contribution in [-0.4, -0.2) is 28.3 Å². The van der Waals surface area contributed by atoms with Gasteiger partial charge < -0.3 is 0 Å². The van der Waals surface area contributed by atoms with Crippen molar-refractivity contribution < 1.29 is 4.79 Å². The second-order valence-electron chi connectivity index (χ2n) is 2.36. The van der Waals surface area contributed by atoms with Crippen LogP contribution in [-0.2, 0) is 4.79 Å². The van der Waals surface area contributed by atoms with Gasteiger partial charge in [0.25, 0.3) is 0 Å². The van der Waals surface area contributed by atoms with E-state index in [-0.39, 0.29) is 5.78 Å². The molecule has 0 aliphatic heterocycles. The molecule has 0 fully saturated rings. The number of hydrogen-bond acceptors (Lipinski definition) is 1. The van der Waals surface area contributed by atoms with Crippen LogP contribution < -0.4 is 0 Å².